The van der Waals surface area contributed by atoms with Crippen LogP contribution in [0.3, 0.4) is 0 Å². The van der Waals surface area contributed by atoms with Crippen LogP contribution in [0.4, 0.5) is 28.4 Å². The number of benzene rings is 6. The predicted octanol–water partition coefficient (Wildman–Crippen LogP) is 17.6. The number of anilines is 5. The summed E-state index contributed by atoms with van der Waals surface area (Å²) in [6.07, 6.45) is 6.59. The minimum Gasteiger partial charge on any atom is -0.460 e. The summed E-state index contributed by atoms with van der Waals surface area (Å²) in [5.41, 5.74) is 16.5. The number of aryl methyl sites for hydroxylation is 6. The van der Waals surface area contributed by atoms with Crippen LogP contribution in [0.25, 0.3) is 10.8 Å². The number of carbonyl (C=O) groups is 1. The van der Waals surface area contributed by atoms with E-state index in [0.717, 1.165) is 69.1 Å². The van der Waals surface area contributed by atoms with Crippen molar-refractivity contribution in [1.29, 1.82) is 0 Å². The molecule has 5 nitrogen and oxygen atoms in total. The molecule has 70 heavy (non-hydrogen) atoms. The Hall–Kier alpha value is -5.68. The smallest absolute Gasteiger partial charge is 0.312 e. The molecular weight excluding hydrogens is 855 g/mol. The maximum Gasteiger partial charge on any atom is 0.312 e. The second-order valence-electron chi connectivity index (χ2n) is 23.3. The predicted molar refractivity (Wildman–Crippen MR) is 301 cm³/mol. The van der Waals surface area contributed by atoms with Crippen molar-refractivity contribution in [2.75, 3.05) is 28.2 Å². The second-order valence-corrected chi connectivity index (χ2v) is 23.3. The fourth-order valence-electron chi connectivity index (χ4n) is 11.7. The Balaban J connectivity index is 1.30. The summed E-state index contributed by atoms with van der Waals surface area (Å²) in [7, 11) is 0. The highest BCUT2D eigenvalue weighted by molar-refractivity contribution is 5.98. The van der Waals surface area contributed by atoms with E-state index in [2.05, 4.69) is 228 Å². The van der Waals surface area contributed by atoms with E-state index in [-0.39, 0.29) is 28.9 Å². The molecule has 0 aromatic heterocycles. The lowest BCUT2D eigenvalue weighted by molar-refractivity contribution is -0.172. The second kappa shape index (κ2) is 21.4. The summed E-state index contributed by atoms with van der Waals surface area (Å²) in [4.78, 5) is 19.4. The van der Waals surface area contributed by atoms with Crippen LogP contribution >= 0.6 is 0 Å². The molecule has 1 aliphatic carbocycles. The van der Waals surface area contributed by atoms with Gasteiger partial charge in [-0.3, -0.25) is 4.79 Å². The van der Waals surface area contributed by atoms with Gasteiger partial charge in [-0.1, -0.05) is 109 Å². The standard InChI is InChI=1S/C65H84N3O2/c1-16-36-67(60-45(5)38-43(3)39-46(60)6)51-30-26-49(27-31-51)59(50-28-32-52(33-29-50)68(37-17-2)61-47(7)40-44(4)41-48(61)8)55-34-35-56(54-23-19-18-22-53(54)55)66-57-24-20-21-25-58(57)70-62(69)65(15,64(12,13)14)42-63(9,10)11/h18-19,22-23,26-35,38-41,57-58,66H,16-17,20-21,24-25,36-37,42H2,1-15H3/q+1. The van der Waals surface area contributed by atoms with Gasteiger partial charge in [0.25, 0.3) is 0 Å². The molecule has 6 aromatic carbocycles. The number of nitrogens with one attached hydrogen (secondary N) is 1. The summed E-state index contributed by atoms with van der Waals surface area (Å²) < 4.78 is 6.67. The van der Waals surface area contributed by atoms with Gasteiger partial charge in [0.15, 0.2) is 0 Å². The number of hydrogen-bond acceptors (Lipinski definition) is 5. The van der Waals surface area contributed by atoms with Gasteiger partial charge in [0.1, 0.15) is 6.10 Å². The fourth-order valence-corrected chi connectivity index (χ4v) is 11.7. The third-order valence-corrected chi connectivity index (χ3v) is 15.1. The van der Waals surface area contributed by atoms with Gasteiger partial charge in [0, 0.05) is 35.2 Å². The molecule has 1 fully saturated rings. The quantitative estimate of drug-likeness (QED) is 0.0595. The molecule has 0 bridgehead atoms. The SMILES string of the molecule is CCCN(c1ccc([C+](c2ccc(N(CCC)c3c(C)cc(C)cc3C)cc2)c2ccc(NC3CCCCC3OC(=O)C(C)(CC(C)(C)C)C(C)(C)C)c3ccccc23)cc1)c1c(C)cc(C)cc1C. The molecule has 0 aliphatic heterocycles. The lowest BCUT2D eigenvalue weighted by Crippen LogP contribution is -2.48. The van der Waals surface area contributed by atoms with Gasteiger partial charge in [0.2, 0.25) is 0 Å². The Labute approximate surface area is 423 Å². The van der Waals surface area contributed by atoms with Crippen molar-refractivity contribution >= 4 is 45.2 Å². The van der Waals surface area contributed by atoms with Crippen LogP contribution in [-0.4, -0.2) is 31.2 Å². The van der Waals surface area contributed by atoms with E-state index in [1.165, 1.54) is 84.1 Å². The number of esters is 1. The van der Waals surface area contributed by atoms with Gasteiger partial charge in [-0.2, -0.15) is 0 Å². The van der Waals surface area contributed by atoms with Gasteiger partial charge in [0.05, 0.1) is 51.1 Å². The zero-order chi connectivity index (χ0) is 50.7. The van der Waals surface area contributed by atoms with E-state index in [1.54, 1.807) is 0 Å². The Morgan fingerprint density at radius 2 is 1.07 bits per heavy atom. The van der Waals surface area contributed by atoms with E-state index < -0.39 is 5.41 Å². The summed E-state index contributed by atoms with van der Waals surface area (Å²) in [5, 5.41) is 6.33. The Kier molecular flexibility index (Phi) is 15.9. The molecule has 3 unspecified atom stereocenters. The van der Waals surface area contributed by atoms with E-state index in [1.807, 2.05) is 0 Å². The number of rotatable bonds is 16. The molecule has 0 spiro atoms. The first-order valence-corrected chi connectivity index (χ1v) is 26.4. The third-order valence-electron chi connectivity index (χ3n) is 15.1. The van der Waals surface area contributed by atoms with Crippen molar-refractivity contribution in [3.05, 3.63) is 165 Å². The number of hydrogen-bond donors (Lipinski definition) is 1. The first kappa shape index (κ1) is 52.2. The van der Waals surface area contributed by atoms with Gasteiger partial charge >= 0.3 is 5.97 Å². The highest BCUT2D eigenvalue weighted by Gasteiger charge is 2.49. The fraction of sp³-hybridized carbons (Fsp3) is 0.446. The molecule has 370 valence electrons. The van der Waals surface area contributed by atoms with Crippen molar-refractivity contribution in [3.63, 3.8) is 0 Å². The largest absolute Gasteiger partial charge is 0.460 e. The summed E-state index contributed by atoms with van der Waals surface area (Å²) in [6, 6.07) is 41.2. The molecule has 0 amide bonds. The van der Waals surface area contributed by atoms with Crippen LogP contribution < -0.4 is 15.1 Å². The average molecular weight is 939 g/mol. The van der Waals surface area contributed by atoms with Gasteiger partial charge < -0.3 is 19.9 Å². The van der Waals surface area contributed by atoms with Crippen LogP contribution in [0, 0.1) is 63.7 Å². The number of carbonyl (C=O) groups excluding carboxylic acids is 1. The van der Waals surface area contributed by atoms with Crippen molar-refractivity contribution in [2.24, 2.45) is 16.2 Å². The molecule has 1 aliphatic rings. The number of ether oxygens (including phenoxy) is 1. The van der Waals surface area contributed by atoms with Crippen molar-refractivity contribution in [1.82, 2.24) is 0 Å². The highest BCUT2D eigenvalue weighted by Crippen LogP contribution is 2.48. The molecule has 7 rings (SSSR count). The maximum absolute atomic E-state index is 14.4. The lowest BCUT2D eigenvalue weighted by Gasteiger charge is -2.45. The third kappa shape index (κ3) is 11.3. The maximum atomic E-state index is 14.4. The molecule has 0 saturated heterocycles. The molecule has 6 aromatic rings. The van der Waals surface area contributed by atoms with Crippen LogP contribution in [0.5, 0.6) is 0 Å². The van der Waals surface area contributed by atoms with Crippen LogP contribution in [0.1, 0.15) is 157 Å². The summed E-state index contributed by atoms with van der Waals surface area (Å²) >= 11 is 0. The van der Waals surface area contributed by atoms with Crippen LogP contribution in [0.15, 0.2) is 109 Å². The summed E-state index contributed by atoms with van der Waals surface area (Å²) in [5.74, 6) is 1.12. The van der Waals surface area contributed by atoms with Gasteiger partial charge in [-0.25, -0.2) is 0 Å². The molecule has 0 heterocycles. The Morgan fingerprint density at radius 3 is 1.51 bits per heavy atom. The van der Waals surface area contributed by atoms with E-state index in [0.29, 0.717) is 0 Å². The van der Waals surface area contributed by atoms with Crippen LogP contribution in [0.2, 0.25) is 0 Å². The lowest BCUT2D eigenvalue weighted by atomic mass is 9.61. The zero-order valence-corrected chi connectivity index (χ0v) is 45.6. The topological polar surface area (TPSA) is 44.8 Å². The molecule has 5 heteroatoms. The van der Waals surface area contributed by atoms with Crippen molar-refractivity contribution in [2.45, 2.75) is 161 Å². The molecule has 3 atom stereocenters. The van der Waals surface area contributed by atoms with Gasteiger partial charge in [-0.05, 0) is 193 Å². The van der Waals surface area contributed by atoms with E-state index in [9.17, 15) is 4.79 Å². The first-order chi connectivity index (χ1) is 33.1. The monoisotopic (exact) mass is 939 g/mol. The van der Waals surface area contributed by atoms with Gasteiger partial charge in [-0.15, -0.1) is 0 Å². The minimum atomic E-state index is -0.621. The highest BCUT2D eigenvalue weighted by atomic mass is 16.5. The molecule has 0 radical (unpaired) electrons. The van der Waals surface area contributed by atoms with E-state index >= 15 is 0 Å². The van der Waals surface area contributed by atoms with Crippen molar-refractivity contribution < 1.29 is 9.53 Å². The molecule has 1 N–H and O–H groups in total. The Morgan fingerprint density at radius 1 is 0.614 bits per heavy atom. The van der Waals surface area contributed by atoms with Crippen LogP contribution in [-0.2, 0) is 9.53 Å². The van der Waals surface area contributed by atoms with Crippen molar-refractivity contribution in [3.8, 4) is 0 Å². The minimum absolute atomic E-state index is 0.00749. The number of nitrogens with zero attached hydrogens (tertiary/aromatic N) is 2. The summed E-state index contributed by atoms with van der Waals surface area (Å²) in [6.45, 7) is 35.1. The number of fused-ring (bicyclic) bond motifs is 1. The molecule has 1 saturated carbocycles. The average Bonchev–Trinajstić information content (AvgIpc) is 3.28. The first-order valence-electron chi connectivity index (χ1n) is 26.4. The molecular formula is C65H84N3O2+. The zero-order valence-electron chi connectivity index (χ0n) is 45.6. The Bertz CT molecular complexity index is 2600. The normalized spacial score (nSPS) is 16.2. The van der Waals surface area contributed by atoms with E-state index in [4.69, 9.17) is 4.74 Å².